The molecule has 1 N–H and O–H groups in total. The van der Waals surface area contributed by atoms with E-state index in [0.717, 1.165) is 22.6 Å². The van der Waals surface area contributed by atoms with E-state index in [0.29, 0.717) is 11.1 Å². The lowest BCUT2D eigenvalue weighted by Gasteiger charge is -2.00. The Labute approximate surface area is 121 Å². The van der Waals surface area contributed by atoms with E-state index in [-0.39, 0.29) is 5.78 Å². The molecule has 1 heterocycles. The standard InChI is InChI=1S/C16H14N2OS/c1-20-10-15-17-13-8-7-12(9-14(13)18-15)16(19)11-5-3-2-4-6-11/h2-9H,10H2,1H3,(H,17,18). The first-order valence-electron chi connectivity index (χ1n) is 6.35. The van der Waals surface area contributed by atoms with Gasteiger partial charge >= 0.3 is 0 Å². The van der Waals surface area contributed by atoms with Crippen molar-refractivity contribution in [3.8, 4) is 0 Å². The fourth-order valence-corrected chi connectivity index (χ4v) is 2.58. The molecule has 1 aromatic heterocycles. The number of hydrogen-bond donors (Lipinski definition) is 1. The Morgan fingerprint density at radius 1 is 1.15 bits per heavy atom. The van der Waals surface area contributed by atoms with Gasteiger partial charge in [0.05, 0.1) is 16.8 Å². The van der Waals surface area contributed by atoms with Gasteiger partial charge in [-0.3, -0.25) is 4.79 Å². The summed E-state index contributed by atoms with van der Waals surface area (Å²) in [5, 5.41) is 0. The van der Waals surface area contributed by atoms with Crippen LogP contribution < -0.4 is 0 Å². The Morgan fingerprint density at radius 2 is 1.95 bits per heavy atom. The summed E-state index contributed by atoms with van der Waals surface area (Å²) < 4.78 is 0. The van der Waals surface area contributed by atoms with Gasteiger partial charge in [-0.25, -0.2) is 4.98 Å². The van der Waals surface area contributed by atoms with Gasteiger partial charge in [0, 0.05) is 11.1 Å². The Kier molecular flexibility index (Phi) is 3.56. The van der Waals surface area contributed by atoms with Crippen LogP contribution in [0, 0.1) is 0 Å². The molecule has 20 heavy (non-hydrogen) atoms. The third-order valence-corrected chi connectivity index (χ3v) is 3.67. The molecule has 0 saturated carbocycles. The average Bonchev–Trinajstić information content (AvgIpc) is 2.89. The van der Waals surface area contributed by atoms with Crippen molar-refractivity contribution in [2.24, 2.45) is 0 Å². The highest BCUT2D eigenvalue weighted by Crippen LogP contribution is 2.18. The van der Waals surface area contributed by atoms with Crippen LogP contribution in [0.15, 0.2) is 48.5 Å². The molecule has 0 spiro atoms. The molecule has 0 saturated heterocycles. The monoisotopic (exact) mass is 282 g/mol. The van der Waals surface area contributed by atoms with E-state index in [2.05, 4.69) is 9.97 Å². The maximum atomic E-state index is 12.4. The van der Waals surface area contributed by atoms with Gasteiger partial charge in [-0.1, -0.05) is 30.3 Å². The summed E-state index contributed by atoms with van der Waals surface area (Å²) >= 11 is 1.72. The van der Waals surface area contributed by atoms with Crippen LogP contribution in [0.2, 0.25) is 0 Å². The summed E-state index contributed by atoms with van der Waals surface area (Å²) in [5.74, 6) is 1.82. The summed E-state index contributed by atoms with van der Waals surface area (Å²) in [4.78, 5) is 20.1. The lowest BCUT2D eigenvalue weighted by Crippen LogP contribution is -2.00. The zero-order chi connectivity index (χ0) is 13.9. The maximum Gasteiger partial charge on any atom is 0.193 e. The largest absolute Gasteiger partial charge is 0.341 e. The van der Waals surface area contributed by atoms with Crippen molar-refractivity contribution in [2.75, 3.05) is 6.26 Å². The molecule has 100 valence electrons. The normalized spacial score (nSPS) is 10.8. The number of aromatic nitrogens is 2. The van der Waals surface area contributed by atoms with Crippen LogP contribution in [0.3, 0.4) is 0 Å². The molecular weight excluding hydrogens is 268 g/mol. The number of carbonyl (C=O) groups excluding carboxylic acids is 1. The number of nitrogens with zero attached hydrogens (tertiary/aromatic N) is 1. The molecule has 3 rings (SSSR count). The first-order valence-corrected chi connectivity index (χ1v) is 7.74. The van der Waals surface area contributed by atoms with E-state index >= 15 is 0 Å². The highest BCUT2D eigenvalue weighted by molar-refractivity contribution is 7.97. The van der Waals surface area contributed by atoms with Gasteiger partial charge in [0.1, 0.15) is 5.82 Å². The van der Waals surface area contributed by atoms with Gasteiger partial charge < -0.3 is 4.98 Å². The van der Waals surface area contributed by atoms with Crippen molar-refractivity contribution in [3.05, 3.63) is 65.5 Å². The summed E-state index contributed by atoms with van der Waals surface area (Å²) in [7, 11) is 0. The number of thioether (sulfide) groups is 1. The summed E-state index contributed by atoms with van der Waals surface area (Å²) in [6.45, 7) is 0. The Morgan fingerprint density at radius 3 is 2.70 bits per heavy atom. The Balaban J connectivity index is 1.98. The predicted octanol–water partition coefficient (Wildman–Crippen LogP) is 3.66. The number of ketones is 1. The van der Waals surface area contributed by atoms with E-state index in [1.165, 1.54) is 0 Å². The second-order valence-corrected chi connectivity index (χ2v) is 5.41. The number of benzene rings is 2. The summed E-state index contributed by atoms with van der Waals surface area (Å²) in [5.41, 5.74) is 3.20. The molecule has 0 aliphatic carbocycles. The number of fused-ring (bicyclic) bond motifs is 1. The second-order valence-electron chi connectivity index (χ2n) is 4.54. The van der Waals surface area contributed by atoms with Crippen LogP contribution in [0.25, 0.3) is 11.0 Å². The van der Waals surface area contributed by atoms with Gasteiger partial charge in [-0.15, -0.1) is 0 Å². The van der Waals surface area contributed by atoms with E-state index in [1.807, 2.05) is 54.8 Å². The number of H-pyrrole nitrogens is 1. The number of carbonyl (C=O) groups is 1. The van der Waals surface area contributed by atoms with Gasteiger partial charge in [0.25, 0.3) is 0 Å². The van der Waals surface area contributed by atoms with Crippen LogP contribution in [-0.2, 0) is 5.75 Å². The number of imidazole rings is 1. The number of rotatable bonds is 4. The molecule has 0 radical (unpaired) electrons. The molecule has 3 nitrogen and oxygen atoms in total. The Bertz CT molecular complexity index is 750. The number of hydrogen-bond acceptors (Lipinski definition) is 3. The lowest BCUT2D eigenvalue weighted by atomic mass is 10.0. The van der Waals surface area contributed by atoms with Gasteiger partial charge in [-0.2, -0.15) is 11.8 Å². The quantitative estimate of drug-likeness (QED) is 0.743. The number of aromatic amines is 1. The Hall–Kier alpha value is -2.07. The van der Waals surface area contributed by atoms with Crippen LogP contribution in [0.4, 0.5) is 0 Å². The minimum absolute atomic E-state index is 0.0357. The first-order chi connectivity index (χ1) is 9.78. The van der Waals surface area contributed by atoms with Crippen molar-refractivity contribution in [1.29, 1.82) is 0 Å². The molecule has 0 aliphatic heterocycles. The molecule has 0 unspecified atom stereocenters. The summed E-state index contributed by atoms with van der Waals surface area (Å²) in [6.07, 6.45) is 2.04. The van der Waals surface area contributed by atoms with E-state index in [1.54, 1.807) is 11.8 Å². The molecule has 0 aliphatic rings. The molecule has 0 atom stereocenters. The average molecular weight is 282 g/mol. The molecular formula is C16H14N2OS. The van der Waals surface area contributed by atoms with Crippen LogP contribution in [0.1, 0.15) is 21.7 Å². The van der Waals surface area contributed by atoms with E-state index in [9.17, 15) is 4.79 Å². The van der Waals surface area contributed by atoms with Crippen molar-refractivity contribution >= 4 is 28.6 Å². The van der Waals surface area contributed by atoms with E-state index < -0.39 is 0 Å². The fraction of sp³-hybridized carbons (Fsp3) is 0.125. The topological polar surface area (TPSA) is 45.8 Å². The highest BCUT2D eigenvalue weighted by Gasteiger charge is 2.10. The van der Waals surface area contributed by atoms with Gasteiger partial charge in [0.2, 0.25) is 0 Å². The number of nitrogens with one attached hydrogen (secondary N) is 1. The van der Waals surface area contributed by atoms with Crippen molar-refractivity contribution in [2.45, 2.75) is 5.75 Å². The van der Waals surface area contributed by atoms with Crippen LogP contribution in [-0.4, -0.2) is 22.0 Å². The lowest BCUT2D eigenvalue weighted by molar-refractivity contribution is 0.103. The minimum Gasteiger partial charge on any atom is -0.341 e. The molecule has 2 aromatic carbocycles. The fourth-order valence-electron chi connectivity index (χ4n) is 2.16. The van der Waals surface area contributed by atoms with Crippen LogP contribution in [0.5, 0.6) is 0 Å². The third-order valence-electron chi connectivity index (χ3n) is 3.11. The minimum atomic E-state index is 0.0357. The maximum absolute atomic E-state index is 12.4. The van der Waals surface area contributed by atoms with Crippen molar-refractivity contribution in [3.63, 3.8) is 0 Å². The molecule has 0 fully saturated rings. The zero-order valence-corrected chi connectivity index (χ0v) is 11.9. The van der Waals surface area contributed by atoms with Crippen molar-refractivity contribution < 1.29 is 4.79 Å². The zero-order valence-electron chi connectivity index (χ0n) is 11.1. The molecule has 0 bridgehead atoms. The molecule has 3 aromatic rings. The van der Waals surface area contributed by atoms with Gasteiger partial charge in [-0.05, 0) is 24.5 Å². The van der Waals surface area contributed by atoms with Crippen LogP contribution >= 0.6 is 11.8 Å². The van der Waals surface area contributed by atoms with Crippen molar-refractivity contribution in [1.82, 2.24) is 9.97 Å². The first kappa shape index (κ1) is 12.9. The predicted molar refractivity (Wildman–Crippen MR) is 83.2 cm³/mol. The molecule has 4 heteroatoms. The van der Waals surface area contributed by atoms with E-state index in [4.69, 9.17) is 0 Å². The SMILES string of the molecule is CSCc1nc2ccc(C(=O)c3ccccc3)cc2[nH]1. The smallest absolute Gasteiger partial charge is 0.193 e. The second kappa shape index (κ2) is 5.51. The third kappa shape index (κ3) is 2.47. The molecule has 0 amide bonds. The van der Waals surface area contributed by atoms with Gasteiger partial charge in [0.15, 0.2) is 5.78 Å². The highest BCUT2D eigenvalue weighted by atomic mass is 32.2. The summed E-state index contributed by atoms with van der Waals surface area (Å²) in [6, 6.07) is 14.9.